The van der Waals surface area contributed by atoms with E-state index >= 15 is 0 Å². The number of hydrogen-bond donors (Lipinski definition) is 0. The molecule has 0 amide bonds. The third-order valence-corrected chi connectivity index (χ3v) is 6.13. The fourth-order valence-electron chi connectivity index (χ4n) is 0.531. The minimum absolute atomic E-state index is 1.31. The van der Waals surface area contributed by atoms with E-state index in [9.17, 15) is 30.3 Å². The molecule has 0 radical (unpaired) electrons. The molecule has 0 aliphatic carbocycles. The van der Waals surface area contributed by atoms with Crippen molar-refractivity contribution in [2.24, 2.45) is 4.52 Å². The normalized spacial score (nSPS) is 39.5. The topological polar surface area (TPSA) is 28.1 Å². The molecule has 1 heterocycles. The molecule has 0 saturated carbocycles. The van der Waals surface area contributed by atoms with Crippen molar-refractivity contribution in [1.29, 1.82) is 0 Å². The average Bonchev–Trinajstić information content (AvgIpc) is 2.10. The van der Waals surface area contributed by atoms with Gasteiger partial charge in [0, 0.05) is 4.66 Å². The summed E-state index contributed by atoms with van der Waals surface area (Å²) in [5.41, 5.74) is 0. The molecule has 4 nitrogen and oxygen atoms in total. The predicted octanol–water partition coefficient (Wildman–Crippen LogP) is 4.92. The zero-order chi connectivity index (χ0) is 11.8. The highest BCUT2D eigenvalue weighted by molar-refractivity contribution is 7.77. The summed E-state index contributed by atoms with van der Waals surface area (Å²) in [6, 6.07) is 0. The summed E-state index contributed by atoms with van der Waals surface area (Å²) in [6.07, 6.45) is 0. The van der Waals surface area contributed by atoms with Crippen LogP contribution in [0.4, 0.5) is 30.3 Å². The molecule has 15 heavy (non-hydrogen) atoms. The minimum atomic E-state index is -5.59. The lowest BCUT2D eigenvalue weighted by atomic mass is 11.5. The number of alkyl halides is 2. The third-order valence-electron chi connectivity index (χ3n) is 1.01. The van der Waals surface area contributed by atoms with Gasteiger partial charge >= 0.3 is 31.4 Å². The van der Waals surface area contributed by atoms with Gasteiger partial charge in [0.1, 0.15) is 0 Å². The van der Waals surface area contributed by atoms with Crippen molar-refractivity contribution in [3.8, 4) is 0 Å². The molecular weight excluding hydrogens is 296 g/mol. The van der Waals surface area contributed by atoms with Crippen LogP contribution in [-0.4, -0.2) is 15.9 Å². The van der Waals surface area contributed by atoms with Crippen LogP contribution in [0.3, 0.4) is 0 Å². The van der Waals surface area contributed by atoms with Gasteiger partial charge in [-0.15, -0.1) is 8.96 Å². The summed E-state index contributed by atoms with van der Waals surface area (Å²) in [5.74, 6) is 0. The Hall–Kier alpha value is 0.480. The zero-order valence-corrected chi connectivity index (χ0v) is 9.00. The first kappa shape index (κ1) is 13.5. The molecule has 3 atom stereocenters. The second-order valence-electron chi connectivity index (χ2n) is 1.89. The molecule has 0 N–H and O–H groups in total. The first-order valence-electron chi connectivity index (χ1n) is 2.90. The van der Waals surface area contributed by atoms with Gasteiger partial charge < -0.3 is 0 Å². The Morgan fingerprint density at radius 2 is 1.80 bits per heavy atom. The Labute approximate surface area is 81.1 Å². The number of hydrogen-bond acceptors (Lipinski definition) is 4. The van der Waals surface area contributed by atoms with Crippen LogP contribution in [0.25, 0.3) is 0 Å². The van der Waals surface area contributed by atoms with Gasteiger partial charge in [-0.2, -0.15) is 25.9 Å². The predicted molar refractivity (Wildman–Crippen MR) is 39.5 cm³/mol. The first-order chi connectivity index (χ1) is 6.78. The highest BCUT2D eigenvalue weighted by Crippen LogP contribution is 2.80. The van der Waals surface area contributed by atoms with Crippen LogP contribution >= 0.6 is 24.8 Å². The van der Waals surface area contributed by atoms with E-state index < -0.39 is 40.7 Å². The first-order valence-corrected chi connectivity index (χ1v) is 6.68. The van der Waals surface area contributed by atoms with E-state index in [0.717, 1.165) is 0 Å². The fraction of sp³-hybridized carbons (Fsp3) is 1.00. The van der Waals surface area contributed by atoms with Crippen LogP contribution in [0.2, 0.25) is 0 Å². The van der Waals surface area contributed by atoms with E-state index in [1.165, 1.54) is 0 Å². The lowest BCUT2D eigenvalue weighted by Crippen LogP contribution is -2.14. The molecule has 0 fully saturated rings. The van der Waals surface area contributed by atoms with Gasteiger partial charge in [0.15, 0.2) is 0 Å². The summed E-state index contributed by atoms with van der Waals surface area (Å²) in [4.78, 5) is 0. The fourth-order valence-corrected chi connectivity index (χ4v) is 4.96. The average molecular weight is 297 g/mol. The van der Waals surface area contributed by atoms with Gasteiger partial charge in [-0.25, -0.2) is 4.52 Å². The Kier molecular flexibility index (Phi) is 4.31. The third kappa shape index (κ3) is 2.78. The summed E-state index contributed by atoms with van der Waals surface area (Å²) < 4.78 is 88.2. The van der Waals surface area contributed by atoms with Gasteiger partial charge in [-0.1, -0.05) is 0 Å². The Balaban J connectivity index is 3.01. The summed E-state index contributed by atoms with van der Waals surface area (Å²) >= 11 is 0. The zero-order valence-electron chi connectivity index (χ0n) is 6.31. The standard InChI is InChI=1S/CHF7N3OP3/c2-1(3)12-15(8)9-13(6)10(4)14(7)11(15)5/h1H. The van der Waals surface area contributed by atoms with E-state index in [1.807, 2.05) is 0 Å². The van der Waals surface area contributed by atoms with Crippen LogP contribution in [-0.2, 0) is 4.52 Å². The summed E-state index contributed by atoms with van der Waals surface area (Å²) in [7, 11) is -13.6. The van der Waals surface area contributed by atoms with Crippen LogP contribution < -0.4 is 0 Å². The second-order valence-corrected chi connectivity index (χ2v) is 6.76. The molecule has 14 heteroatoms. The number of rotatable bonds is 2. The van der Waals surface area contributed by atoms with Crippen molar-refractivity contribution in [2.75, 3.05) is 0 Å². The van der Waals surface area contributed by atoms with E-state index in [-0.39, 0.29) is 0 Å². The van der Waals surface area contributed by atoms with E-state index in [0.29, 0.717) is 0 Å². The van der Waals surface area contributed by atoms with Crippen LogP contribution in [0.5, 0.6) is 0 Å². The van der Waals surface area contributed by atoms with Crippen LogP contribution in [0.15, 0.2) is 4.52 Å². The summed E-state index contributed by atoms with van der Waals surface area (Å²) in [5, 5.41) is 0. The van der Waals surface area contributed by atoms with E-state index in [1.54, 1.807) is 0 Å². The largest absolute Gasteiger partial charge is 0.376 e. The van der Waals surface area contributed by atoms with Crippen molar-refractivity contribution in [1.82, 2.24) is 9.33 Å². The molecule has 1 aliphatic rings. The van der Waals surface area contributed by atoms with E-state index in [2.05, 4.69) is 9.04 Å². The van der Waals surface area contributed by atoms with Crippen molar-refractivity contribution in [2.45, 2.75) is 6.61 Å². The molecule has 1 rings (SSSR count). The molecule has 0 spiro atoms. The van der Waals surface area contributed by atoms with Gasteiger partial charge in [-0.3, -0.25) is 0 Å². The SMILES string of the molecule is FC(F)OP1(F)=NP(F)N(F)P(F)N1F. The van der Waals surface area contributed by atoms with Gasteiger partial charge in [0.25, 0.3) is 0 Å². The maximum absolute atomic E-state index is 13.0. The lowest BCUT2D eigenvalue weighted by Gasteiger charge is -2.29. The Morgan fingerprint density at radius 3 is 2.27 bits per heavy atom. The quantitative estimate of drug-likeness (QED) is 0.411. The molecule has 3 unspecified atom stereocenters. The van der Waals surface area contributed by atoms with Crippen molar-refractivity contribution < 1.29 is 34.9 Å². The van der Waals surface area contributed by atoms with Gasteiger partial charge in [0.05, 0.1) is 0 Å². The molecule has 0 aromatic heterocycles. The van der Waals surface area contributed by atoms with Crippen LogP contribution in [0, 0.1) is 0 Å². The molecular formula is CHF7N3OP3. The van der Waals surface area contributed by atoms with Crippen molar-refractivity contribution in [3.63, 3.8) is 0 Å². The Bertz CT molecular complexity index is 289. The molecule has 0 aromatic rings. The Morgan fingerprint density at radius 1 is 1.27 bits per heavy atom. The smallest absolute Gasteiger partial charge is 0.243 e. The highest BCUT2D eigenvalue weighted by Gasteiger charge is 2.52. The number of halogens is 7. The lowest BCUT2D eigenvalue weighted by molar-refractivity contribution is -0.0570. The monoisotopic (exact) mass is 297 g/mol. The number of nitrogens with zero attached hydrogens (tertiary/aromatic N) is 3. The van der Waals surface area contributed by atoms with Crippen LogP contribution in [0.1, 0.15) is 0 Å². The molecule has 0 bridgehead atoms. The maximum Gasteiger partial charge on any atom is 0.376 e. The molecule has 1 aliphatic heterocycles. The van der Waals surface area contributed by atoms with E-state index in [4.69, 9.17) is 0 Å². The molecule has 0 aromatic carbocycles. The van der Waals surface area contributed by atoms with Crippen molar-refractivity contribution >= 4 is 24.8 Å². The molecule has 0 saturated heterocycles. The maximum atomic E-state index is 13.0. The highest BCUT2D eigenvalue weighted by atomic mass is 31.3. The summed E-state index contributed by atoms with van der Waals surface area (Å²) in [6.45, 7) is -3.82. The minimum Gasteiger partial charge on any atom is -0.243 e. The van der Waals surface area contributed by atoms with Gasteiger partial charge in [-0.05, 0) is 4.66 Å². The second kappa shape index (κ2) is 4.77. The van der Waals surface area contributed by atoms with Crippen molar-refractivity contribution in [3.05, 3.63) is 0 Å². The molecule has 90 valence electrons. The van der Waals surface area contributed by atoms with Gasteiger partial charge in [0.2, 0.25) is 0 Å².